The molecule has 0 aliphatic rings. The Morgan fingerprint density at radius 2 is 0.380 bits per heavy atom. The standard InChI is InChI=1S/C60H37N3O2.C60H39N3O/c1-2-14-38(15-3-1)39-28-30-40(31-29-39)61(41-32-34-47-57(36-41)64-55-26-12-24-53(59(47)55)62-49-20-8-4-16-43(49)44-17-5-9-21-50(44)62)42-33-35-48-58(37-42)65-56-27-13-25-54(60(48)56)63-51-22-10-6-18-45(51)46-19-7-11-23-52(46)63;1-2-14-40(15-3-1)41-28-32-44(33-29-41)61(45-34-30-42(31-35-45)43-16-12-17-46(38-43)62-53-22-8-4-18-48(53)49-19-5-9-23-54(49)62)47-36-37-52-59(39-47)64-58-27-13-26-57(60(52)58)63-55-24-10-6-20-50(55)51-21-7-11-25-56(51)63/h1-37H;1-39H. The summed E-state index contributed by atoms with van der Waals surface area (Å²) in [7, 11) is 0. The molecule has 0 spiro atoms. The predicted molar refractivity (Wildman–Crippen MR) is 538 cm³/mol. The van der Waals surface area contributed by atoms with Gasteiger partial charge in [0.25, 0.3) is 0 Å². The highest BCUT2D eigenvalue weighted by molar-refractivity contribution is 6.19. The zero-order valence-corrected chi connectivity index (χ0v) is 69.8. The Morgan fingerprint density at radius 1 is 0.147 bits per heavy atom. The number of benzene rings is 20. The predicted octanol–water partition coefficient (Wildman–Crippen LogP) is 33.4. The van der Waals surface area contributed by atoms with Gasteiger partial charge >= 0.3 is 0 Å². The number of hydrogen-bond acceptors (Lipinski definition) is 5. The molecule has 27 rings (SSSR count). The Hall–Kier alpha value is -17.4. The van der Waals surface area contributed by atoms with E-state index in [1.54, 1.807) is 0 Å². The van der Waals surface area contributed by atoms with Crippen molar-refractivity contribution in [1.82, 2.24) is 18.3 Å². The molecule has 20 aromatic carbocycles. The monoisotopic (exact) mass is 1650 g/mol. The molecule has 7 aromatic heterocycles. The molecule has 0 N–H and O–H groups in total. The summed E-state index contributed by atoms with van der Waals surface area (Å²) in [6, 6.07) is 165. The number of para-hydroxylation sites is 8. The molecule has 604 valence electrons. The fourth-order valence-electron chi connectivity index (χ4n) is 20.5. The highest BCUT2D eigenvalue weighted by Crippen LogP contribution is 2.49. The van der Waals surface area contributed by atoms with E-state index < -0.39 is 0 Å². The Kier molecular flexibility index (Phi) is 16.8. The molecule has 0 amide bonds. The van der Waals surface area contributed by atoms with Crippen LogP contribution in [0.5, 0.6) is 0 Å². The van der Waals surface area contributed by atoms with Crippen LogP contribution in [0, 0.1) is 0 Å². The zero-order valence-electron chi connectivity index (χ0n) is 69.8. The number of fused-ring (bicyclic) bond motifs is 21. The van der Waals surface area contributed by atoms with Crippen LogP contribution < -0.4 is 9.80 Å². The third-order valence-corrected chi connectivity index (χ3v) is 26.2. The summed E-state index contributed by atoms with van der Waals surface area (Å²) in [6.07, 6.45) is 0. The first-order chi connectivity index (χ1) is 64.0. The molecule has 0 saturated heterocycles. The van der Waals surface area contributed by atoms with Gasteiger partial charge in [-0.15, -0.1) is 0 Å². The zero-order chi connectivity index (χ0) is 84.7. The Bertz CT molecular complexity index is 8690. The largest absolute Gasteiger partial charge is 0.456 e. The lowest BCUT2D eigenvalue weighted by molar-refractivity contribution is 0.668. The Labute approximate surface area is 740 Å². The number of furan rings is 3. The van der Waals surface area contributed by atoms with Gasteiger partial charge in [-0.05, 0) is 203 Å². The molecule has 27 aromatic rings. The van der Waals surface area contributed by atoms with Gasteiger partial charge in [0, 0.05) is 117 Å². The van der Waals surface area contributed by atoms with Gasteiger partial charge in [-0.1, -0.05) is 273 Å². The lowest BCUT2D eigenvalue weighted by Crippen LogP contribution is -2.09. The summed E-state index contributed by atoms with van der Waals surface area (Å²) in [6.45, 7) is 0. The van der Waals surface area contributed by atoms with Crippen molar-refractivity contribution in [3.8, 4) is 56.1 Å². The SMILES string of the molecule is c1ccc(-c2ccc(N(c3ccc(-c4cccc(-n5c6ccccc6c6ccccc65)c4)cc3)c3ccc4c(c3)oc3cccc(-n5c6ccccc6c6ccccc65)c34)cc2)cc1.c1ccc(-c2ccc(N(c3ccc4c(c3)oc3cccc(-n5c6ccccc6c6ccccc65)c34)c3ccc4c(c3)oc3cccc(-n5c6ccccc6c6ccccc65)c34)cc2)cc1. The number of anilines is 6. The molecule has 0 atom stereocenters. The highest BCUT2D eigenvalue weighted by Gasteiger charge is 2.26. The van der Waals surface area contributed by atoms with E-state index in [0.717, 1.165) is 139 Å². The maximum atomic E-state index is 6.81. The van der Waals surface area contributed by atoms with Crippen molar-refractivity contribution in [1.29, 1.82) is 0 Å². The van der Waals surface area contributed by atoms with Gasteiger partial charge in [0.2, 0.25) is 0 Å². The molecular formula is C120H76N6O3. The molecule has 9 nitrogen and oxygen atoms in total. The number of nitrogens with zero attached hydrogens (tertiary/aromatic N) is 6. The fourth-order valence-corrected chi connectivity index (χ4v) is 20.5. The molecule has 7 heterocycles. The third kappa shape index (κ3) is 11.9. The third-order valence-electron chi connectivity index (χ3n) is 26.2. The molecule has 0 aliphatic carbocycles. The average Bonchev–Trinajstić information content (AvgIpc) is 1.57. The van der Waals surface area contributed by atoms with Crippen LogP contribution in [0.25, 0.3) is 209 Å². The van der Waals surface area contributed by atoms with Crippen molar-refractivity contribution < 1.29 is 13.3 Å². The van der Waals surface area contributed by atoms with Gasteiger partial charge < -0.3 is 41.3 Å². The van der Waals surface area contributed by atoms with E-state index >= 15 is 0 Å². The molecule has 0 bridgehead atoms. The second kappa shape index (κ2) is 29.7. The van der Waals surface area contributed by atoms with E-state index in [4.69, 9.17) is 13.3 Å². The normalized spacial score (nSPS) is 11.9. The average molecular weight is 1650 g/mol. The molecule has 0 aliphatic heterocycles. The quantitative estimate of drug-likeness (QED) is 0.115. The smallest absolute Gasteiger partial charge is 0.137 e. The summed E-state index contributed by atoms with van der Waals surface area (Å²) in [5.74, 6) is 0. The fraction of sp³-hybridized carbons (Fsp3) is 0. The number of rotatable bonds is 13. The van der Waals surface area contributed by atoms with Gasteiger partial charge in [-0.25, -0.2) is 0 Å². The first-order valence-corrected chi connectivity index (χ1v) is 43.9. The minimum Gasteiger partial charge on any atom is -0.456 e. The second-order valence-electron chi connectivity index (χ2n) is 33.4. The summed E-state index contributed by atoms with van der Waals surface area (Å²) in [5, 5.41) is 16.4. The summed E-state index contributed by atoms with van der Waals surface area (Å²) in [4.78, 5) is 4.63. The van der Waals surface area contributed by atoms with Crippen LogP contribution in [0.4, 0.5) is 34.1 Å². The lowest BCUT2D eigenvalue weighted by Gasteiger charge is -2.26. The minimum atomic E-state index is 0.817. The highest BCUT2D eigenvalue weighted by atomic mass is 16.3. The van der Waals surface area contributed by atoms with E-state index in [1.807, 2.05) is 0 Å². The topological polar surface area (TPSA) is 65.6 Å². The van der Waals surface area contributed by atoms with Crippen molar-refractivity contribution in [3.05, 3.63) is 461 Å². The Morgan fingerprint density at radius 3 is 0.682 bits per heavy atom. The van der Waals surface area contributed by atoms with Crippen molar-refractivity contribution in [3.63, 3.8) is 0 Å². The van der Waals surface area contributed by atoms with Gasteiger partial charge in [-0.3, -0.25) is 0 Å². The molecular weight excluding hydrogens is 1570 g/mol. The van der Waals surface area contributed by atoms with Crippen molar-refractivity contribution in [2.75, 3.05) is 9.80 Å². The van der Waals surface area contributed by atoms with E-state index in [9.17, 15) is 0 Å². The van der Waals surface area contributed by atoms with Crippen molar-refractivity contribution in [2.24, 2.45) is 0 Å². The molecule has 0 unspecified atom stereocenters. The lowest BCUT2D eigenvalue weighted by atomic mass is 10.0. The minimum absolute atomic E-state index is 0.817. The van der Waals surface area contributed by atoms with Crippen LogP contribution in [-0.4, -0.2) is 18.3 Å². The van der Waals surface area contributed by atoms with Crippen molar-refractivity contribution >= 4 is 187 Å². The summed E-state index contributed by atoms with van der Waals surface area (Å²) >= 11 is 0. The maximum Gasteiger partial charge on any atom is 0.137 e. The van der Waals surface area contributed by atoms with Crippen LogP contribution in [0.1, 0.15) is 0 Å². The van der Waals surface area contributed by atoms with Gasteiger partial charge in [0.05, 0.1) is 77.4 Å². The van der Waals surface area contributed by atoms with Crippen LogP contribution in [0.3, 0.4) is 0 Å². The molecule has 9 heteroatoms. The first-order valence-electron chi connectivity index (χ1n) is 43.9. The van der Waals surface area contributed by atoms with E-state index in [1.165, 1.54) is 104 Å². The van der Waals surface area contributed by atoms with Gasteiger partial charge in [0.1, 0.15) is 33.5 Å². The molecule has 0 radical (unpaired) electrons. The number of hydrogen-bond donors (Lipinski definition) is 0. The van der Waals surface area contributed by atoms with Gasteiger partial charge in [-0.2, -0.15) is 0 Å². The van der Waals surface area contributed by atoms with Crippen LogP contribution in [0.2, 0.25) is 0 Å². The first kappa shape index (κ1) is 73.2. The summed E-state index contributed by atoms with van der Waals surface area (Å²) < 4.78 is 29.9. The molecule has 0 fully saturated rings. The van der Waals surface area contributed by atoms with Crippen LogP contribution in [-0.2, 0) is 0 Å². The molecule has 0 saturated carbocycles. The molecule has 129 heavy (non-hydrogen) atoms. The van der Waals surface area contributed by atoms with Crippen LogP contribution in [0.15, 0.2) is 474 Å². The van der Waals surface area contributed by atoms with Crippen LogP contribution >= 0.6 is 0 Å². The van der Waals surface area contributed by atoms with E-state index in [2.05, 4.69) is 489 Å². The van der Waals surface area contributed by atoms with Gasteiger partial charge in [0.15, 0.2) is 0 Å². The van der Waals surface area contributed by atoms with E-state index in [-0.39, 0.29) is 0 Å². The second-order valence-corrected chi connectivity index (χ2v) is 33.4. The maximum absolute atomic E-state index is 6.81. The summed E-state index contributed by atoms with van der Waals surface area (Å²) in [5.41, 5.74) is 32.0. The van der Waals surface area contributed by atoms with E-state index in [0.29, 0.717) is 0 Å². The van der Waals surface area contributed by atoms with Crippen molar-refractivity contribution in [2.45, 2.75) is 0 Å². The Balaban J connectivity index is 0.000000136. The number of aromatic nitrogens is 4.